The summed E-state index contributed by atoms with van der Waals surface area (Å²) >= 11 is -1.57. The molecule has 0 aliphatic carbocycles. The molecule has 1 aromatic rings. The van der Waals surface area contributed by atoms with E-state index in [0.717, 1.165) is 4.90 Å². The molecule has 31 heavy (non-hydrogen) atoms. The van der Waals surface area contributed by atoms with Gasteiger partial charge in [0.25, 0.3) is 6.47 Å². The molecule has 0 saturated carbocycles. The van der Waals surface area contributed by atoms with Crippen molar-refractivity contribution in [3.05, 3.63) is 35.4 Å². The third kappa shape index (κ3) is 7.62. The van der Waals surface area contributed by atoms with Crippen LogP contribution in [0.15, 0.2) is 32.5 Å². The van der Waals surface area contributed by atoms with Crippen LogP contribution < -0.4 is 32.5 Å². The second-order valence-corrected chi connectivity index (χ2v) is 8.96. The SMILES string of the molecule is CC(C)(C)OC=O.CN=C(N)N/C(=N/[I-]C(=O)O)C(C)N1C(=O)c2ccccc2C1=O. The number of carbonyl (C=O) groups excluding carboxylic acids is 3. The van der Waals surface area contributed by atoms with Crippen molar-refractivity contribution in [1.29, 1.82) is 0 Å². The first-order chi connectivity index (χ1) is 14.4. The van der Waals surface area contributed by atoms with E-state index in [1.165, 1.54) is 7.05 Å². The zero-order valence-corrected chi connectivity index (χ0v) is 19.9. The topological polar surface area (TPSA) is 164 Å². The van der Waals surface area contributed by atoms with Crippen LogP contribution in [0.4, 0.5) is 4.79 Å². The summed E-state index contributed by atoms with van der Waals surface area (Å²) < 4.78 is 7.50. The fourth-order valence-corrected chi connectivity index (χ4v) is 3.28. The van der Waals surface area contributed by atoms with Crippen molar-refractivity contribution in [1.82, 2.24) is 10.2 Å². The molecule has 12 heteroatoms. The van der Waals surface area contributed by atoms with Gasteiger partial charge in [-0.25, -0.2) is 0 Å². The predicted octanol–water partition coefficient (Wildman–Crippen LogP) is -1.76. The van der Waals surface area contributed by atoms with E-state index >= 15 is 0 Å². The summed E-state index contributed by atoms with van der Waals surface area (Å²) in [4.78, 5) is 50.2. The minimum atomic E-state index is -1.57. The van der Waals surface area contributed by atoms with Crippen LogP contribution in [0.3, 0.4) is 0 Å². The maximum atomic E-state index is 12.5. The van der Waals surface area contributed by atoms with Gasteiger partial charge in [-0.15, -0.1) is 0 Å². The zero-order valence-electron chi connectivity index (χ0n) is 17.7. The van der Waals surface area contributed by atoms with Gasteiger partial charge in [0.15, 0.2) is 0 Å². The molecule has 1 aliphatic heterocycles. The summed E-state index contributed by atoms with van der Waals surface area (Å²) in [5, 5.41) is 11.5. The average Bonchev–Trinajstić information content (AvgIpc) is 2.94. The van der Waals surface area contributed by atoms with Crippen molar-refractivity contribution in [3.8, 4) is 0 Å². The average molecular weight is 546 g/mol. The molecule has 0 spiro atoms. The normalized spacial score (nSPS) is 15.1. The number of amidine groups is 1. The summed E-state index contributed by atoms with van der Waals surface area (Å²) in [5.74, 6) is -0.800. The summed E-state index contributed by atoms with van der Waals surface area (Å²) in [6.45, 7) is 7.49. The molecule has 170 valence electrons. The number of hydrogen-bond donors (Lipinski definition) is 3. The third-order valence-electron chi connectivity index (χ3n) is 3.71. The second-order valence-electron chi connectivity index (χ2n) is 7.07. The number of carboxylic acid groups (broad SMARTS) is 1. The number of hydrogen-bond acceptors (Lipinski definition) is 7. The predicted molar refractivity (Wildman–Crippen MR) is 109 cm³/mol. The van der Waals surface area contributed by atoms with Gasteiger partial charge in [0.1, 0.15) is 5.60 Å². The number of halogens is 1. The first-order valence-electron chi connectivity index (χ1n) is 8.95. The van der Waals surface area contributed by atoms with E-state index in [9.17, 15) is 19.2 Å². The fourth-order valence-electron chi connectivity index (χ4n) is 2.29. The van der Waals surface area contributed by atoms with Gasteiger partial charge in [0.05, 0.1) is 0 Å². The molecule has 2 amide bonds. The molecule has 0 saturated heterocycles. The number of nitrogens with zero attached hydrogens (tertiary/aromatic N) is 3. The molecule has 11 nitrogen and oxygen atoms in total. The molecule has 1 aliphatic rings. The summed E-state index contributed by atoms with van der Waals surface area (Å²) in [5.41, 5.74) is 5.90. The molecule has 0 bridgehead atoms. The molecule has 1 heterocycles. The number of carbonyl (C=O) groups is 4. The molecule has 0 radical (unpaired) electrons. The van der Waals surface area contributed by atoms with Crippen LogP contribution in [-0.4, -0.2) is 62.8 Å². The molecular formula is C19H25IN5O6-. The van der Waals surface area contributed by atoms with Crippen LogP contribution in [0, 0.1) is 0 Å². The van der Waals surface area contributed by atoms with Gasteiger partial charge in [-0.3, -0.25) is 4.79 Å². The Morgan fingerprint density at radius 3 is 2.13 bits per heavy atom. The maximum absolute atomic E-state index is 12.5. The number of fused-ring (bicyclic) bond motifs is 1. The Hall–Kier alpha value is -3.03. The van der Waals surface area contributed by atoms with Crippen LogP contribution in [0.5, 0.6) is 0 Å². The monoisotopic (exact) mass is 546 g/mol. The van der Waals surface area contributed by atoms with Gasteiger partial charge in [-0.05, 0) is 20.8 Å². The molecule has 1 unspecified atom stereocenters. The minimum absolute atomic E-state index is 0.00612. The number of nitrogens with one attached hydrogen (secondary N) is 1. The Kier molecular flexibility index (Phi) is 9.55. The van der Waals surface area contributed by atoms with E-state index in [-0.39, 0.29) is 17.4 Å². The first-order valence-corrected chi connectivity index (χ1v) is 11.0. The first kappa shape index (κ1) is 26.0. The van der Waals surface area contributed by atoms with Crippen LogP contribution in [0.1, 0.15) is 48.4 Å². The Morgan fingerprint density at radius 2 is 1.77 bits per heavy atom. The Morgan fingerprint density at radius 1 is 1.26 bits per heavy atom. The van der Waals surface area contributed by atoms with Crippen molar-refractivity contribution >= 4 is 34.1 Å². The number of imide groups is 1. The zero-order chi connectivity index (χ0) is 23.8. The number of rotatable bonds is 5. The van der Waals surface area contributed by atoms with Crippen LogP contribution in [-0.2, 0) is 9.53 Å². The van der Waals surface area contributed by atoms with Crippen LogP contribution >= 0.6 is 0 Å². The van der Waals surface area contributed by atoms with Gasteiger partial charge in [0, 0.05) is 0 Å². The molecule has 2 rings (SSSR count). The number of benzene rings is 1. The molecule has 1 aromatic carbocycles. The van der Waals surface area contributed by atoms with Gasteiger partial charge >= 0.3 is 148 Å². The number of amides is 2. The van der Waals surface area contributed by atoms with Crippen molar-refractivity contribution in [2.24, 2.45) is 13.9 Å². The quantitative estimate of drug-likeness (QED) is 0.0977. The summed E-state index contributed by atoms with van der Waals surface area (Å²) in [7, 11) is 1.44. The van der Waals surface area contributed by atoms with Gasteiger partial charge in [-0.1, -0.05) is 0 Å². The van der Waals surface area contributed by atoms with E-state index in [2.05, 4.69) is 18.3 Å². The van der Waals surface area contributed by atoms with Crippen LogP contribution in [0.2, 0.25) is 0 Å². The number of ether oxygens (including phenoxy) is 1. The molecular weight excluding hydrogens is 521 g/mol. The number of aliphatic imine (C=N–C) groups is 1. The molecule has 1 atom stereocenters. The third-order valence-corrected chi connectivity index (χ3v) is 4.89. The van der Waals surface area contributed by atoms with E-state index < -0.39 is 43.3 Å². The molecule has 4 N–H and O–H groups in total. The Balaban J connectivity index is 0.000000592. The van der Waals surface area contributed by atoms with E-state index in [1.54, 1.807) is 31.2 Å². The summed E-state index contributed by atoms with van der Waals surface area (Å²) in [6, 6.07) is 5.67. The number of nitrogens with two attached hydrogens (primary N) is 1. The van der Waals surface area contributed by atoms with E-state index in [1.807, 2.05) is 20.8 Å². The van der Waals surface area contributed by atoms with Gasteiger partial charge < -0.3 is 4.74 Å². The number of guanidine groups is 1. The molecule has 0 aromatic heterocycles. The van der Waals surface area contributed by atoms with E-state index in [4.69, 9.17) is 10.8 Å². The van der Waals surface area contributed by atoms with E-state index in [0.29, 0.717) is 17.6 Å². The van der Waals surface area contributed by atoms with Crippen molar-refractivity contribution in [2.45, 2.75) is 39.3 Å². The van der Waals surface area contributed by atoms with Crippen molar-refractivity contribution < 1.29 is 50.5 Å². The standard InChI is InChI=1S/C14H15IN5O4.C5H10O2/c1-7(10(18-14(16)17-2)19-15-13(23)24)20-11(21)8-5-3-4-6-9(8)12(20)22;1-5(2,3)7-4-6/h3-7H,1-2H3,(H,23,24)(H3,16,17,18,19);4H,1-3H3/q-1;. The Labute approximate surface area is 190 Å². The molecule has 0 fully saturated rings. The van der Waals surface area contributed by atoms with Gasteiger partial charge in [0.2, 0.25) is 0 Å². The van der Waals surface area contributed by atoms with Crippen molar-refractivity contribution in [2.75, 3.05) is 7.05 Å². The van der Waals surface area contributed by atoms with Crippen LogP contribution in [0.25, 0.3) is 0 Å². The van der Waals surface area contributed by atoms with Gasteiger partial charge in [-0.2, -0.15) is 0 Å². The second kappa shape index (κ2) is 11.4. The van der Waals surface area contributed by atoms with Crippen molar-refractivity contribution in [3.63, 3.8) is 0 Å². The Bertz CT molecular complexity index is 874. The fraction of sp³-hybridized carbons (Fsp3) is 0.368. The summed E-state index contributed by atoms with van der Waals surface area (Å²) in [6.07, 6.45) is 0.